The van der Waals surface area contributed by atoms with Crippen molar-refractivity contribution >= 4 is 23.8 Å². The van der Waals surface area contributed by atoms with E-state index in [0.29, 0.717) is 17.9 Å². The molecule has 0 radical (unpaired) electrons. The second kappa shape index (κ2) is 16.1. The van der Waals surface area contributed by atoms with Gasteiger partial charge in [-0.15, -0.1) is 0 Å². The van der Waals surface area contributed by atoms with Crippen molar-refractivity contribution in [1.29, 1.82) is 0 Å². The molecule has 236 valence electrons. The number of primary amides is 1. The lowest BCUT2D eigenvalue weighted by Crippen LogP contribution is -2.55. The fourth-order valence-corrected chi connectivity index (χ4v) is 4.74. The largest absolute Gasteiger partial charge is 0.444 e. The maximum atomic E-state index is 14.5. The molecule has 0 aliphatic carbocycles. The summed E-state index contributed by atoms with van der Waals surface area (Å²) < 4.78 is 5.44. The summed E-state index contributed by atoms with van der Waals surface area (Å²) in [5.41, 5.74) is 8.26. The molecule has 9 heteroatoms. The lowest BCUT2D eigenvalue weighted by Gasteiger charge is -2.39. The molecule has 4 N–H and O–H groups in total. The summed E-state index contributed by atoms with van der Waals surface area (Å²) in [7, 11) is 0. The predicted molar refractivity (Wildman–Crippen MR) is 169 cm³/mol. The third-order valence-corrected chi connectivity index (χ3v) is 7.24. The van der Waals surface area contributed by atoms with Gasteiger partial charge in [-0.05, 0) is 89.0 Å². The Morgan fingerprint density at radius 1 is 0.907 bits per heavy atom. The summed E-state index contributed by atoms with van der Waals surface area (Å²) in [6.07, 6.45) is 0.496. The molecule has 3 atom stereocenters. The number of nitrogens with zero attached hydrogens (tertiary/aromatic N) is 1. The molecule has 0 fully saturated rings. The van der Waals surface area contributed by atoms with Gasteiger partial charge in [-0.1, -0.05) is 62.4 Å². The van der Waals surface area contributed by atoms with Gasteiger partial charge >= 0.3 is 6.09 Å². The van der Waals surface area contributed by atoms with Crippen LogP contribution in [-0.2, 0) is 25.7 Å². The first kappa shape index (κ1) is 35.3. The van der Waals surface area contributed by atoms with Gasteiger partial charge < -0.3 is 26.0 Å². The standard InChI is InChI=1S/C34H50N4O5/c1-22(2)14-16-25(5)38(32(41)28(18-19-29(35)39)37-33(42)43-34(6,7)8)30(27-17-15-23(3)24(4)20-27)31(40)36-21-26-12-10-9-11-13-26/h9-13,15,17,20,22,25,28,30H,14,16,18-19,21H2,1-8H3,(H2,35,39)(H,36,40)(H,37,42). The van der Waals surface area contributed by atoms with E-state index in [0.717, 1.165) is 23.1 Å². The molecular formula is C34H50N4O5. The number of nitrogens with one attached hydrogen (secondary N) is 2. The Bertz CT molecular complexity index is 1240. The topological polar surface area (TPSA) is 131 Å². The van der Waals surface area contributed by atoms with Crippen LogP contribution in [0.4, 0.5) is 4.79 Å². The van der Waals surface area contributed by atoms with Gasteiger partial charge in [0, 0.05) is 19.0 Å². The van der Waals surface area contributed by atoms with E-state index in [1.54, 1.807) is 25.7 Å². The smallest absolute Gasteiger partial charge is 0.408 e. The van der Waals surface area contributed by atoms with Crippen LogP contribution in [0.15, 0.2) is 48.5 Å². The number of aryl methyl sites for hydroxylation is 2. The number of alkyl carbamates (subject to hydrolysis) is 1. The van der Waals surface area contributed by atoms with E-state index in [-0.39, 0.29) is 31.3 Å². The van der Waals surface area contributed by atoms with Crippen LogP contribution in [0.1, 0.15) is 95.5 Å². The molecule has 4 amide bonds. The number of ether oxygens (including phenoxy) is 1. The molecule has 0 bridgehead atoms. The SMILES string of the molecule is Cc1ccc(C(C(=O)NCc2ccccc2)N(C(=O)C(CCC(N)=O)NC(=O)OC(C)(C)C)C(C)CCC(C)C)cc1C. The Morgan fingerprint density at radius 3 is 2.12 bits per heavy atom. The molecule has 0 aliphatic rings. The van der Waals surface area contributed by atoms with Crippen LogP contribution < -0.4 is 16.4 Å². The summed E-state index contributed by atoms with van der Waals surface area (Å²) >= 11 is 0. The maximum absolute atomic E-state index is 14.5. The van der Waals surface area contributed by atoms with Crippen LogP contribution in [0, 0.1) is 19.8 Å². The van der Waals surface area contributed by atoms with Crippen LogP contribution >= 0.6 is 0 Å². The van der Waals surface area contributed by atoms with Crippen LogP contribution in [0.2, 0.25) is 0 Å². The molecule has 0 aliphatic heterocycles. The van der Waals surface area contributed by atoms with E-state index in [9.17, 15) is 19.2 Å². The van der Waals surface area contributed by atoms with E-state index in [2.05, 4.69) is 24.5 Å². The van der Waals surface area contributed by atoms with Crippen molar-refractivity contribution in [2.24, 2.45) is 11.7 Å². The Hall–Kier alpha value is -3.88. The zero-order chi connectivity index (χ0) is 32.3. The van der Waals surface area contributed by atoms with E-state index < -0.39 is 35.6 Å². The third kappa shape index (κ3) is 11.7. The van der Waals surface area contributed by atoms with Gasteiger partial charge in [0.2, 0.25) is 17.7 Å². The maximum Gasteiger partial charge on any atom is 0.408 e. The average Bonchev–Trinajstić information content (AvgIpc) is 2.92. The molecule has 43 heavy (non-hydrogen) atoms. The van der Waals surface area contributed by atoms with Crippen molar-refractivity contribution in [3.63, 3.8) is 0 Å². The second-order valence-electron chi connectivity index (χ2n) is 12.7. The average molecular weight is 595 g/mol. The fourth-order valence-electron chi connectivity index (χ4n) is 4.74. The van der Waals surface area contributed by atoms with Crippen LogP contribution in [0.5, 0.6) is 0 Å². The Labute approximate surface area is 256 Å². The van der Waals surface area contributed by atoms with E-state index in [1.165, 1.54) is 0 Å². The van der Waals surface area contributed by atoms with Crippen molar-refractivity contribution < 1.29 is 23.9 Å². The lowest BCUT2D eigenvalue weighted by molar-refractivity contribution is -0.145. The zero-order valence-electron chi connectivity index (χ0n) is 27.0. The number of carbonyl (C=O) groups excluding carboxylic acids is 4. The van der Waals surface area contributed by atoms with Crippen LogP contribution in [0.25, 0.3) is 0 Å². The number of carbonyl (C=O) groups is 4. The highest BCUT2D eigenvalue weighted by Crippen LogP contribution is 2.29. The molecule has 0 saturated carbocycles. The minimum Gasteiger partial charge on any atom is -0.444 e. The first-order chi connectivity index (χ1) is 20.1. The third-order valence-electron chi connectivity index (χ3n) is 7.24. The van der Waals surface area contributed by atoms with Crippen molar-refractivity contribution in [2.75, 3.05) is 0 Å². The molecule has 0 spiro atoms. The molecule has 2 aromatic carbocycles. The first-order valence-electron chi connectivity index (χ1n) is 15.1. The van der Waals surface area contributed by atoms with Gasteiger partial charge in [0.05, 0.1) is 0 Å². The Balaban J connectivity index is 2.61. The van der Waals surface area contributed by atoms with Gasteiger partial charge in [-0.25, -0.2) is 4.79 Å². The zero-order valence-corrected chi connectivity index (χ0v) is 27.0. The molecule has 2 rings (SSSR count). The van der Waals surface area contributed by atoms with Crippen molar-refractivity contribution in [1.82, 2.24) is 15.5 Å². The van der Waals surface area contributed by atoms with Gasteiger partial charge in [0.25, 0.3) is 0 Å². The highest BCUT2D eigenvalue weighted by Gasteiger charge is 2.39. The monoisotopic (exact) mass is 594 g/mol. The summed E-state index contributed by atoms with van der Waals surface area (Å²) in [4.78, 5) is 54.8. The van der Waals surface area contributed by atoms with E-state index in [1.807, 2.05) is 69.3 Å². The molecule has 0 heterocycles. The highest BCUT2D eigenvalue weighted by atomic mass is 16.6. The van der Waals surface area contributed by atoms with Gasteiger partial charge in [-0.3, -0.25) is 14.4 Å². The van der Waals surface area contributed by atoms with Crippen molar-refractivity contribution in [3.05, 3.63) is 70.8 Å². The highest BCUT2D eigenvalue weighted by molar-refractivity contribution is 5.92. The number of amides is 4. The Kier molecular flexibility index (Phi) is 13.2. The number of benzene rings is 2. The van der Waals surface area contributed by atoms with Crippen LogP contribution in [-0.4, -0.2) is 46.4 Å². The van der Waals surface area contributed by atoms with Gasteiger partial charge in [0.15, 0.2) is 0 Å². The predicted octanol–water partition coefficient (Wildman–Crippen LogP) is 5.47. The number of rotatable bonds is 14. The first-order valence-corrected chi connectivity index (χ1v) is 15.1. The van der Waals surface area contributed by atoms with E-state index in [4.69, 9.17) is 10.5 Å². The summed E-state index contributed by atoms with van der Waals surface area (Å²) in [5.74, 6) is -1.06. The molecule has 0 aromatic heterocycles. The lowest BCUT2D eigenvalue weighted by atomic mass is 9.94. The number of hydrogen-bond donors (Lipinski definition) is 3. The van der Waals surface area contributed by atoms with E-state index >= 15 is 0 Å². The normalized spacial score (nSPS) is 13.5. The van der Waals surface area contributed by atoms with Gasteiger partial charge in [-0.2, -0.15) is 0 Å². The molecular weight excluding hydrogens is 544 g/mol. The van der Waals surface area contributed by atoms with Crippen molar-refractivity contribution in [3.8, 4) is 0 Å². The summed E-state index contributed by atoms with van der Waals surface area (Å²) in [5, 5.41) is 5.69. The second-order valence-corrected chi connectivity index (χ2v) is 12.7. The number of hydrogen-bond acceptors (Lipinski definition) is 5. The minimum absolute atomic E-state index is 0.0356. The number of nitrogens with two attached hydrogens (primary N) is 1. The molecule has 9 nitrogen and oxygen atoms in total. The van der Waals surface area contributed by atoms with Gasteiger partial charge in [0.1, 0.15) is 17.7 Å². The Morgan fingerprint density at radius 2 is 1.56 bits per heavy atom. The molecule has 3 unspecified atom stereocenters. The quantitative estimate of drug-likeness (QED) is 0.267. The van der Waals surface area contributed by atoms with Crippen molar-refractivity contribution in [2.45, 2.75) is 111 Å². The summed E-state index contributed by atoms with van der Waals surface area (Å²) in [6, 6.07) is 12.8. The summed E-state index contributed by atoms with van der Waals surface area (Å²) in [6.45, 7) is 15.5. The molecule has 2 aromatic rings. The fraction of sp³-hybridized carbons (Fsp3) is 0.529. The molecule has 0 saturated heterocycles. The van der Waals surface area contributed by atoms with Crippen LogP contribution in [0.3, 0.4) is 0 Å². The minimum atomic E-state index is -1.14.